The SMILES string of the molecule is CCN(CC)C(N(CC)CC)=[N+](CC)CC.CCN(CC)C(N(CC)CC)=[N+](CC)CC.[O-]c1ccccc1.[O-]c1ccccc1. The van der Waals surface area contributed by atoms with Crippen molar-refractivity contribution in [3.63, 3.8) is 0 Å². The Labute approximate surface area is 284 Å². The highest BCUT2D eigenvalue weighted by atomic mass is 16.3. The molecule has 0 aliphatic rings. The molecule has 264 valence electrons. The molecule has 0 amide bonds. The molecule has 0 saturated carbocycles. The van der Waals surface area contributed by atoms with E-state index in [0.29, 0.717) is 0 Å². The van der Waals surface area contributed by atoms with Crippen LogP contribution < -0.4 is 10.2 Å². The maximum Gasteiger partial charge on any atom is 0.350 e. The van der Waals surface area contributed by atoms with Crippen molar-refractivity contribution < 1.29 is 19.4 Å². The van der Waals surface area contributed by atoms with Crippen LogP contribution in [0.1, 0.15) is 83.1 Å². The second kappa shape index (κ2) is 29.0. The molecule has 8 heteroatoms. The lowest BCUT2D eigenvalue weighted by molar-refractivity contribution is -0.531. The first-order valence-electron chi connectivity index (χ1n) is 17.9. The molecule has 0 bridgehead atoms. The lowest BCUT2D eigenvalue weighted by Crippen LogP contribution is -2.49. The normalized spacial score (nSPS) is 9.65. The number of guanidine groups is 2. The molecule has 0 aliphatic heterocycles. The quantitative estimate of drug-likeness (QED) is 0.169. The van der Waals surface area contributed by atoms with Crippen LogP contribution in [0, 0.1) is 0 Å². The third kappa shape index (κ3) is 17.3. The zero-order chi connectivity index (χ0) is 35.3. The van der Waals surface area contributed by atoms with Gasteiger partial charge in [-0.05, 0) is 83.1 Å². The van der Waals surface area contributed by atoms with E-state index >= 15 is 0 Å². The van der Waals surface area contributed by atoms with Gasteiger partial charge in [-0.2, -0.15) is 0 Å². The molecule has 0 unspecified atom stereocenters. The summed E-state index contributed by atoms with van der Waals surface area (Å²) in [6.45, 7) is 39.8. The van der Waals surface area contributed by atoms with Gasteiger partial charge in [0.2, 0.25) is 0 Å². The first kappa shape index (κ1) is 44.7. The number of nitrogens with zero attached hydrogens (tertiary/aromatic N) is 6. The van der Waals surface area contributed by atoms with Crippen molar-refractivity contribution in [3.8, 4) is 11.5 Å². The molecule has 0 spiro atoms. The molecular weight excluding hydrogens is 572 g/mol. The minimum atomic E-state index is 0.0718. The van der Waals surface area contributed by atoms with E-state index in [4.69, 9.17) is 0 Å². The highest BCUT2D eigenvalue weighted by molar-refractivity contribution is 5.75. The van der Waals surface area contributed by atoms with E-state index in [1.54, 1.807) is 24.3 Å². The maximum atomic E-state index is 10.3. The third-order valence-corrected chi connectivity index (χ3v) is 7.76. The molecule has 2 aromatic carbocycles. The van der Waals surface area contributed by atoms with Gasteiger partial charge in [0, 0.05) is 0 Å². The maximum absolute atomic E-state index is 10.3. The first-order chi connectivity index (χ1) is 22.2. The molecule has 0 aromatic heterocycles. The van der Waals surface area contributed by atoms with Crippen LogP contribution in [0.2, 0.25) is 0 Å². The lowest BCUT2D eigenvalue weighted by Gasteiger charge is -2.27. The summed E-state index contributed by atoms with van der Waals surface area (Å²) in [7, 11) is 0. The molecular formula is C38H70N6O2. The standard InChI is InChI=1S/2C13H30N3.2C6H6O/c2*1-7-14(8-2)13(15(9-3)10-4)16(11-5)12-6;2*7-6-4-2-1-3-5-6/h2*7-12H2,1-6H3;2*1-5,7H/q2*+1;;/p-2. The van der Waals surface area contributed by atoms with Crippen molar-refractivity contribution in [2.24, 2.45) is 0 Å². The predicted molar refractivity (Wildman–Crippen MR) is 196 cm³/mol. The van der Waals surface area contributed by atoms with E-state index in [1.807, 2.05) is 12.1 Å². The molecule has 2 aromatic rings. The number of hydrogen-bond donors (Lipinski definition) is 0. The Morgan fingerprint density at radius 2 is 0.587 bits per heavy atom. The van der Waals surface area contributed by atoms with E-state index in [0.717, 1.165) is 78.5 Å². The summed E-state index contributed by atoms with van der Waals surface area (Å²) in [5.41, 5.74) is 0. The van der Waals surface area contributed by atoms with Gasteiger partial charge >= 0.3 is 11.9 Å². The minimum absolute atomic E-state index is 0.0718. The Kier molecular flexibility index (Phi) is 28.2. The van der Waals surface area contributed by atoms with Crippen LogP contribution in [0.5, 0.6) is 11.5 Å². The topological polar surface area (TPSA) is 65.1 Å². The molecule has 0 atom stereocenters. The van der Waals surface area contributed by atoms with E-state index in [2.05, 4.69) is 112 Å². The summed E-state index contributed by atoms with van der Waals surface area (Å²) in [4.78, 5) is 9.83. The smallest absolute Gasteiger partial charge is 0.350 e. The van der Waals surface area contributed by atoms with E-state index in [1.165, 1.54) is 36.2 Å². The van der Waals surface area contributed by atoms with Crippen molar-refractivity contribution in [2.75, 3.05) is 78.5 Å². The van der Waals surface area contributed by atoms with Gasteiger partial charge in [-0.3, -0.25) is 28.8 Å². The van der Waals surface area contributed by atoms with E-state index < -0.39 is 0 Å². The average Bonchev–Trinajstić information content (AvgIpc) is 3.09. The fraction of sp³-hybridized carbons (Fsp3) is 0.632. The number of para-hydroxylation sites is 2. The van der Waals surface area contributed by atoms with Crippen LogP contribution in [-0.4, -0.2) is 119 Å². The van der Waals surface area contributed by atoms with Crippen LogP contribution in [0.3, 0.4) is 0 Å². The Morgan fingerprint density at radius 1 is 0.391 bits per heavy atom. The van der Waals surface area contributed by atoms with Gasteiger partial charge in [0.15, 0.2) is 0 Å². The fourth-order valence-electron chi connectivity index (χ4n) is 5.08. The van der Waals surface area contributed by atoms with E-state index in [9.17, 15) is 10.2 Å². The molecule has 0 saturated heterocycles. The third-order valence-electron chi connectivity index (χ3n) is 7.76. The summed E-state index contributed by atoms with van der Waals surface area (Å²) in [5, 5.41) is 20.5. The molecule has 0 radical (unpaired) electrons. The molecule has 2 rings (SSSR count). The Hall–Kier alpha value is -3.42. The number of benzene rings is 2. The molecule has 0 aliphatic carbocycles. The Balaban J connectivity index is 0. The number of hydrogen-bond acceptors (Lipinski definition) is 2. The van der Waals surface area contributed by atoms with Gasteiger partial charge in [0.25, 0.3) is 0 Å². The highest BCUT2D eigenvalue weighted by Crippen LogP contribution is 2.02. The zero-order valence-corrected chi connectivity index (χ0v) is 31.8. The molecule has 8 nitrogen and oxygen atoms in total. The van der Waals surface area contributed by atoms with Gasteiger partial charge < -0.3 is 10.2 Å². The zero-order valence-electron chi connectivity index (χ0n) is 31.8. The molecule has 0 N–H and O–H groups in total. The monoisotopic (exact) mass is 643 g/mol. The van der Waals surface area contributed by atoms with Gasteiger partial charge in [0.05, 0.1) is 78.5 Å². The van der Waals surface area contributed by atoms with Crippen molar-refractivity contribution in [1.82, 2.24) is 19.6 Å². The summed E-state index contributed by atoms with van der Waals surface area (Å²) < 4.78 is 4.92. The van der Waals surface area contributed by atoms with Crippen LogP contribution >= 0.6 is 0 Å². The predicted octanol–water partition coefficient (Wildman–Crippen LogP) is 5.68. The summed E-state index contributed by atoms with van der Waals surface area (Å²) in [6, 6.07) is 16.7. The minimum Gasteiger partial charge on any atom is -0.872 e. The van der Waals surface area contributed by atoms with Gasteiger partial charge in [-0.25, -0.2) is 0 Å². The first-order valence-corrected chi connectivity index (χ1v) is 17.9. The lowest BCUT2D eigenvalue weighted by atomic mass is 10.3. The Bertz CT molecular complexity index is 891. The van der Waals surface area contributed by atoms with Crippen molar-refractivity contribution in [2.45, 2.75) is 83.1 Å². The average molecular weight is 643 g/mol. The van der Waals surface area contributed by atoms with Crippen LogP contribution in [0.25, 0.3) is 0 Å². The number of rotatable bonds is 12. The molecule has 46 heavy (non-hydrogen) atoms. The summed E-state index contributed by atoms with van der Waals surface area (Å²) in [5.74, 6) is 2.95. The second-order valence-corrected chi connectivity index (χ2v) is 10.3. The van der Waals surface area contributed by atoms with Gasteiger partial charge in [-0.1, -0.05) is 60.7 Å². The van der Waals surface area contributed by atoms with Crippen LogP contribution in [0.4, 0.5) is 0 Å². The molecule has 0 heterocycles. The van der Waals surface area contributed by atoms with Crippen molar-refractivity contribution in [3.05, 3.63) is 60.7 Å². The largest absolute Gasteiger partial charge is 0.872 e. The van der Waals surface area contributed by atoms with Gasteiger partial charge in [0.1, 0.15) is 0 Å². The van der Waals surface area contributed by atoms with E-state index in [-0.39, 0.29) is 11.5 Å². The van der Waals surface area contributed by atoms with Crippen molar-refractivity contribution in [1.29, 1.82) is 0 Å². The van der Waals surface area contributed by atoms with Crippen LogP contribution in [-0.2, 0) is 0 Å². The Morgan fingerprint density at radius 3 is 0.696 bits per heavy atom. The van der Waals surface area contributed by atoms with Crippen LogP contribution in [0.15, 0.2) is 60.7 Å². The van der Waals surface area contributed by atoms with Crippen molar-refractivity contribution >= 4 is 11.9 Å². The van der Waals surface area contributed by atoms with Gasteiger partial charge in [-0.15, -0.1) is 11.5 Å². The second-order valence-electron chi connectivity index (χ2n) is 10.3. The fourth-order valence-corrected chi connectivity index (χ4v) is 5.08. The summed E-state index contributed by atoms with van der Waals surface area (Å²) >= 11 is 0. The highest BCUT2D eigenvalue weighted by Gasteiger charge is 2.25. The summed E-state index contributed by atoms with van der Waals surface area (Å²) in [6.07, 6.45) is 0. The molecule has 0 fully saturated rings.